The van der Waals surface area contributed by atoms with E-state index in [2.05, 4.69) is 20.3 Å². The summed E-state index contributed by atoms with van der Waals surface area (Å²) in [5.41, 5.74) is -3.50. The minimum absolute atomic E-state index is 0.102. The van der Waals surface area contributed by atoms with E-state index < -0.39 is 53.3 Å². The normalized spacial score (nSPS) is 18.4. The molecule has 8 nitrogen and oxygen atoms in total. The number of nitriles is 1. The molecule has 0 saturated carbocycles. The van der Waals surface area contributed by atoms with E-state index in [1.54, 1.807) is 6.07 Å². The minimum Gasteiger partial charge on any atom is -0.461 e. The van der Waals surface area contributed by atoms with Gasteiger partial charge in [-0.3, -0.25) is 0 Å². The summed E-state index contributed by atoms with van der Waals surface area (Å²) < 4.78 is 79.3. The van der Waals surface area contributed by atoms with E-state index in [0.29, 0.717) is 6.20 Å². The Labute approximate surface area is 182 Å². The van der Waals surface area contributed by atoms with E-state index in [0.717, 1.165) is 18.3 Å². The molecule has 1 aliphatic rings. The number of aliphatic hydroxyl groups excluding tert-OH is 1. The molecule has 3 heterocycles. The van der Waals surface area contributed by atoms with Gasteiger partial charge in [0, 0.05) is 18.0 Å². The summed E-state index contributed by atoms with van der Waals surface area (Å²) >= 11 is 0. The molecule has 3 aromatic rings. The molecule has 0 bridgehead atoms. The maximum atomic E-state index is 14.7. The number of benzene rings is 1. The van der Waals surface area contributed by atoms with E-state index >= 15 is 0 Å². The summed E-state index contributed by atoms with van der Waals surface area (Å²) in [5.74, 6) is -1.92. The zero-order chi connectivity index (χ0) is 23.8. The first-order valence-corrected chi connectivity index (χ1v) is 9.32. The Kier molecular flexibility index (Phi) is 5.54. The number of nitrogens with zero attached hydrogens (tertiary/aromatic N) is 3. The van der Waals surface area contributed by atoms with Crippen LogP contribution in [0.15, 0.2) is 35.6 Å². The molecule has 1 aromatic carbocycles. The van der Waals surface area contributed by atoms with Crippen molar-refractivity contribution in [2.45, 2.75) is 11.8 Å². The zero-order valence-electron chi connectivity index (χ0n) is 16.5. The number of aliphatic hydroxyl groups is 1. The Morgan fingerprint density at radius 2 is 2.15 bits per heavy atom. The molecule has 4 rings (SSSR count). The highest BCUT2D eigenvalue weighted by Gasteiger charge is 2.36. The predicted molar refractivity (Wildman–Crippen MR) is 105 cm³/mol. The van der Waals surface area contributed by atoms with Crippen LogP contribution in [0.2, 0.25) is 0 Å². The van der Waals surface area contributed by atoms with Gasteiger partial charge in [-0.15, -0.1) is 0 Å². The number of aliphatic imine (C=N–C) groups is 1. The van der Waals surface area contributed by atoms with Gasteiger partial charge in [-0.1, -0.05) is 0 Å². The van der Waals surface area contributed by atoms with Crippen LogP contribution in [0.1, 0.15) is 11.1 Å². The van der Waals surface area contributed by atoms with Crippen LogP contribution in [0.25, 0.3) is 11.0 Å². The summed E-state index contributed by atoms with van der Waals surface area (Å²) in [6.07, 6.45) is -3.08. The van der Waals surface area contributed by atoms with Crippen LogP contribution < -0.4 is 10.1 Å². The van der Waals surface area contributed by atoms with E-state index in [1.807, 2.05) is 0 Å². The molecule has 0 spiro atoms. The number of hydrogen-bond acceptors (Lipinski definition) is 7. The third kappa shape index (κ3) is 4.37. The lowest BCUT2D eigenvalue weighted by Crippen LogP contribution is -2.43. The first-order chi connectivity index (χ1) is 15.6. The first-order valence-electron chi connectivity index (χ1n) is 9.32. The van der Waals surface area contributed by atoms with Gasteiger partial charge in [0.1, 0.15) is 23.9 Å². The Hall–Kier alpha value is -3.92. The maximum Gasteiger partial charge on any atom is 0.418 e. The molecule has 0 amide bonds. The van der Waals surface area contributed by atoms with Crippen LogP contribution in [-0.4, -0.2) is 46.5 Å². The van der Waals surface area contributed by atoms with Gasteiger partial charge in [0.15, 0.2) is 23.0 Å². The van der Waals surface area contributed by atoms with Gasteiger partial charge in [-0.2, -0.15) is 18.4 Å². The summed E-state index contributed by atoms with van der Waals surface area (Å²) in [4.78, 5) is 9.93. The van der Waals surface area contributed by atoms with E-state index in [-0.39, 0.29) is 29.5 Å². The third-order valence-corrected chi connectivity index (χ3v) is 4.73. The molecule has 33 heavy (non-hydrogen) atoms. The van der Waals surface area contributed by atoms with Crippen molar-refractivity contribution in [2.75, 3.05) is 25.1 Å². The molecule has 0 aliphatic carbocycles. The largest absolute Gasteiger partial charge is 0.461 e. The van der Waals surface area contributed by atoms with Crippen LogP contribution in [0, 0.1) is 17.1 Å². The molecule has 1 atom stereocenters. The van der Waals surface area contributed by atoms with Crippen LogP contribution in [0.3, 0.4) is 0 Å². The van der Waals surface area contributed by atoms with Crippen molar-refractivity contribution in [3.8, 4) is 17.6 Å². The average Bonchev–Trinajstić information content (AvgIpc) is 3.22. The molecule has 3 N–H and O–H groups in total. The van der Waals surface area contributed by atoms with Crippen LogP contribution >= 0.6 is 0 Å². The monoisotopic (exact) mass is 467 g/mol. The van der Waals surface area contributed by atoms with Gasteiger partial charge in [0.25, 0.3) is 6.02 Å². The number of hydrogen-bond donors (Lipinski definition) is 3. The van der Waals surface area contributed by atoms with Gasteiger partial charge < -0.3 is 24.9 Å². The van der Waals surface area contributed by atoms with Crippen LogP contribution in [-0.2, 0) is 10.9 Å². The van der Waals surface area contributed by atoms with Gasteiger partial charge >= 0.3 is 6.18 Å². The maximum absolute atomic E-state index is 14.7. The smallest absolute Gasteiger partial charge is 0.418 e. The van der Waals surface area contributed by atoms with Gasteiger partial charge in [0.05, 0.1) is 30.3 Å². The highest BCUT2D eigenvalue weighted by Crippen LogP contribution is 2.42. The summed E-state index contributed by atoms with van der Waals surface area (Å²) in [6.45, 7) is -1.58. The lowest BCUT2D eigenvalue weighted by molar-refractivity contribution is -0.136. The SMILES string of the molecule is N#Cc1cnc2[nH]cc(C(F)(F)F)c2c1Oc1ccc(NC2=NCC(F)(CO)CO2)cc1F. The molecule has 0 radical (unpaired) electrons. The fourth-order valence-electron chi connectivity index (χ4n) is 3.04. The number of ether oxygens (including phenoxy) is 2. The summed E-state index contributed by atoms with van der Waals surface area (Å²) in [5, 5.41) is 20.4. The quantitative estimate of drug-likeness (QED) is 0.502. The zero-order valence-corrected chi connectivity index (χ0v) is 16.5. The lowest BCUT2D eigenvalue weighted by Gasteiger charge is -2.26. The van der Waals surface area contributed by atoms with E-state index in [4.69, 9.17) is 14.6 Å². The number of halogens is 5. The molecule has 0 fully saturated rings. The van der Waals surface area contributed by atoms with Crippen molar-refractivity contribution < 1.29 is 36.5 Å². The van der Waals surface area contributed by atoms with Crippen molar-refractivity contribution in [3.05, 3.63) is 47.5 Å². The molecule has 1 unspecified atom stereocenters. The second-order valence-corrected chi connectivity index (χ2v) is 7.13. The number of H-pyrrole nitrogens is 1. The van der Waals surface area contributed by atoms with Gasteiger partial charge in [0.2, 0.25) is 0 Å². The summed E-state index contributed by atoms with van der Waals surface area (Å²) in [7, 11) is 0. The molecule has 172 valence electrons. The molecule has 0 saturated heterocycles. The van der Waals surface area contributed by atoms with Gasteiger partial charge in [-0.05, 0) is 12.1 Å². The van der Waals surface area contributed by atoms with Crippen molar-refractivity contribution >= 4 is 22.7 Å². The first kappa shape index (κ1) is 22.3. The highest BCUT2D eigenvalue weighted by atomic mass is 19.4. The number of amidine groups is 1. The van der Waals surface area contributed by atoms with Crippen LogP contribution in [0.5, 0.6) is 11.5 Å². The second kappa shape index (κ2) is 8.21. The standard InChI is InChI=1S/C20H14F5N5O3/c21-13-3-11(30-18-29-7-19(22,8-31)9-32-18)1-2-14(13)33-16-10(4-26)5-27-17-15(16)12(6-28-17)20(23,24)25/h1-3,5-6,31H,7-9H2,(H,27,28)(H,29,30). The number of pyridine rings is 1. The van der Waals surface area contributed by atoms with Gasteiger partial charge in [-0.25, -0.2) is 18.8 Å². The number of aromatic amines is 1. The third-order valence-electron chi connectivity index (χ3n) is 4.73. The van der Waals surface area contributed by atoms with E-state index in [9.17, 15) is 27.2 Å². The molecule has 1 aliphatic heterocycles. The molecular weight excluding hydrogens is 453 g/mol. The summed E-state index contributed by atoms with van der Waals surface area (Å²) in [6, 6.07) is 4.99. The highest BCUT2D eigenvalue weighted by molar-refractivity contribution is 5.90. The predicted octanol–water partition coefficient (Wildman–Crippen LogP) is 3.88. The second-order valence-electron chi connectivity index (χ2n) is 7.13. The lowest BCUT2D eigenvalue weighted by atomic mass is 10.1. The van der Waals surface area contributed by atoms with Crippen molar-refractivity contribution in [1.82, 2.24) is 9.97 Å². The van der Waals surface area contributed by atoms with Crippen molar-refractivity contribution in [2.24, 2.45) is 4.99 Å². The Balaban J connectivity index is 1.63. The molecular formula is C20H14F5N5O3. The minimum atomic E-state index is -4.77. The Bertz CT molecular complexity index is 1280. The van der Waals surface area contributed by atoms with E-state index in [1.165, 1.54) is 6.07 Å². The number of anilines is 1. The fraction of sp³-hybridized carbons (Fsp3) is 0.250. The molecule has 2 aromatic heterocycles. The number of alkyl halides is 4. The Morgan fingerprint density at radius 1 is 1.36 bits per heavy atom. The topological polar surface area (TPSA) is 116 Å². The molecule has 13 heteroatoms. The average molecular weight is 467 g/mol. The Morgan fingerprint density at radius 3 is 2.76 bits per heavy atom. The number of fused-ring (bicyclic) bond motifs is 1. The number of rotatable bonds is 4. The number of nitrogens with one attached hydrogen (secondary N) is 2. The van der Waals surface area contributed by atoms with Crippen LogP contribution in [0.4, 0.5) is 27.6 Å². The fourth-order valence-corrected chi connectivity index (χ4v) is 3.04. The number of aromatic nitrogens is 2. The van der Waals surface area contributed by atoms with Crippen molar-refractivity contribution in [3.63, 3.8) is 0 Å². The van der Waals surface area contributed by atoms with Crippen molar-refractivity contribution in [1.29, 1.82) is 5.26 Å².